The summed E-state index contributed by atoms with van der Waals surface area (Å²) in [6.07, 6.45) is 4.58. The van der Waals surface area contributed by atoms with Crippen LogP contribution in [-0.2, 0) is 11.3 Å². The lowest BCUT2D eigenvalue weighted by molar-refractivity contribution is -0.137. The van der Waals surface area contributed by atoms with Crippen molar-refractivity contribution in [3.05, 3.63) is 35.9 Å². The lowest BCUT2D eigenvalue weighted by Gasteiger charge is -2.35. The number of hydrogen-bond acceptors (Lipinski definition) is 3. The van der Waals surface area contributed by atoms with Crippen molar-refractivity contribution in [2.75, 3.05) is 39.3 Å². The molecule has 1 amide bonds. The third-order valence-electron chi connectivity index (χ3n) is 6.43. The van der Waals surface area contributed by atoms with Gasteiger partial charge < -0.3 is 10.2 Å². The number of likely N-dealkylation sites (tertiary alicyclic amines) is 2. The molecule has 4 nitrogen and oxygen atoms in total. The Bertz CT molecular complexity index is 562. The maximum Gasteiger partial charge on any atom is 0.226 e. The summed E-state index contributed by atoms with van der Waals surface area (Å²) in [5, 5.41) is 3.52. The Morgan fingerprint density at radius 2 is 1.72 bits per heavy atom. The number of benzene rings is 1. The molecule has 0 aliphatic carbocycles. The van der Waals surface area contributed by atoms with Crippen LogP contribution in [0.15, 0.2) is 30.3 Å². The normalized spacial score (nSPS) is 30.7. The predicted molar refractivity (Wildman–Crippen MR) is 100 cm³/mol. The average Bonchev–Trinajstić information content (AvgIpc) is 3.01. The van der Waals surface area contributed by atoms with Gasteiger partial charge in [-0.05, 0) is 62.7 Å². The van der Waals surface area contributed by atoms with Gasteiger partial charge in [-0.25, -0.2) is 0 Å². The maximum absolute atomic E-state index is 13.1. The van der Waals surface area contributed by atoms with E-state index in [4.69, 9.17) is 0 Å². The minimum Gasteiger partial charge on any atom is -0.342 e. The molecule has 25 heavy (non-hydrogen) atoms. The van der Waals surface area contributed by atoms with E-state index in [0.717, 1.165) is 70.5 Å². The van der Waals surface area contributed by atoms with Gasteiger partial charge in [0.25, 0.3) is 0 Å². The van der Waals surface area contributed by atoms with Crippen LogP contribution in [0.2, 0.25) is 0 Å². The minimum absolute atomic E-state index is 0.202. The van der Waals surface area contributed by atoms with Gasteiger partial charge in [-0.2, -0.15) is 0 Å². The molecule has 3 aliphatic heterocycles. The van der Waals surface area contributed by atoms with Crippen LogP contribution in [0.3, 0.4) is 0 Å². The molecule has 3 saturated heterocycles. The first-order valence-electron chi connectivity index (χ1n) is 10.1. The Labute approximate surface area is 151 Å². The van der Waals surface area contributed by atoms with Crippen molar-refractivity contribution in [1.29, 1.82) is 0 Å². The monoisotopic (exact) mass is 341 g/mol. The largest absolute Gasteiger partial charge is 0.342 e. The van der Waals surface area contributed by atoms with E-state index >= 15 is 0 Å². The van der Waals surface area contributed by atoms with Crippen molar-refractivity contribution < 1.29 is 4.79 Å². The molecular formula is C21H31N3O. The van der Waals surface area contributed by atoms with Crippen LogP contribution < -0.4 is 5.32 Å². The van der Waals surface area contributed by atoms with Gasteiger partial charge in [-0.15, -0.1) is 0 Å². The lowest BCUT2D eigenvalue weighted by Crippen LogP contribution is -2.45. The third kappa shape index (κ3) is 4.06. The average molecular weight is 341 g/mol. The highest BCUT2D eigenvalue weighted by Crippen LogP contribution is 2.29. The van der Waals surface area contributed by atoms with E-state index in [9.17, 15) is 4.79 Å². The number of carbonyl (C=O) groups excluding carboxylic acids is 1. The quantitative estimate of drug-likeness (QED) is 0.917. The molecule has 0 bridgehead atoms. The van der Waals surface area contributed by atoms with Crippen LogP contribution in [0.1, 0.15) is 31.2 Å². The first-order valence-corrected chi connectivity index (χ1v) is 10.1. The van der Waals surface area contributed by atoms with Crippen LogP contribution >= 0.6 is 0 Å². The molecule has 0 saturated carbocycles. The molecule has 1 aromatic rings. The number of carbonyl (C=O) groups is 1. The summed E-state index contributed by atoms with van der Waals surface area (Å²) in [6, 6.07) is 10.6. The molecule has 0 radical (unpaired) electrons. The second-order valence-corrected chi connectivity index (χ2v) is 8.14. The molecule has 3 heterocycles. The van der Waals surface area contributed by atoms with Gasteiger partial charge >= 0.3 is 0 Å². The van der Waals surface area contributed by atoms with Crippen molar-refractivity contribution >= 4 is 5.91 Å². The predicted octanol–water partition coefficient (Wildman–Crippen LogP) is 2.36. The topological polar surface area (TPSA) is 35.6 Å². The van der Waals surface area contributed by atoms with E-state index in [-0.39, 0.29) is 5.92 Å². The highest BCUT2D eigenvalue weighted by Gasteiger charge is 2.34. The fourth-order valence-electron chi connectivity index (χ4n) is 4.94. The van der Waals surface area contributed by atoms with Gasteiger partial charge in [0.05, 0.1) is 5.92 Å². The smallest absolute Gasteiger partial charge is 0.226 e. The number of piperidine rings is 1. The fraction of sp³-hybridized carbons (Fsp3) is 0.667. The van der Waals surface area contributed by atoms with Gasteiger partial charge in [-0.3, -0.25) is 9.69 Å². The minimum atomic E-state index is 0.202. The number of nitrogens with zero attached hydrogens (tertiary/aromatic N) is 2. The van der Waals surface area contributed by atoms with E-state index < -0.39 is 0 Å². The zero-order valence-electron chi connectivity index (χ0n) is 15.2. The third-order valence-corrected chi connectivity index (χ3v) is 6.43. The van der Waals surface area contributed by atoms with E-state index in [1.165, 1.54) is 18.4 Å². The lowest BCUT2D eigenvalue weighted by atomic mass is 9.92. The van der Waals surface area contributed by atoms with Crippen molar-refractivity contribution in [1.82, 2.24) is 15.1 Å². The van der Waals surface area contributed by atoms with E-state index in [2.05, 4.69) is 45.4 Å². The maximum atomic E-state index is 13.1. The molecule has 1 aromatic carbocycles. The zero-order valence-corrected chi connectivity index (χ0v) is 15.2. The van der Waals surface area contributed by atoms with Crippen LogP contribution in [0.4, 0.5) is 0 Å². The van der Waals surface area contributed by atoms with E-state index in [0.29, 0.717) is 5.91 Å². The van der Waals surface area contributed by atoms with Crippen molar-refractivity contribution in [3.63, 3.8) is 0 Å². The molecule has 0 aromatic heterocycles. The van der Waals surface area contributed by atoms with Crippen molar-refractivity contribution in [3.8, 4) is 0 Å². The first-order chi connectivity index (χ1) is 12.3. The van der Waals surface area contributed by atoms with Crippen molar-refractivity contribution in [2.24, 2.45) is 17.8 Å². The highest BCUT2D eigenvalue weighted by molar-refractivity contribution is 5.79. The second-order valence-electron chi connectivity index (χ2n) is 8.14. The van der Waals surface area contributed by atoms with Crippen LogP contribution in [0.25, 0.3) is 0 Å². The molecule has 1 unspecified atom stereocenters. The summed E-state index contributed by atoms with van der Waals surface area (Å²) in [6.45, 7) is 7.27. The van der Waals surface area contributed by atoms with Crippen LogP contribution in [0.5, 0.6) is 0 Å². The summed E-state index contributed by atoms with van der Waals surface area (Å²) in [4.78, 5) is 17.8. The number of fused-ring (bicyclic) bond motifs is 1. The molecule has 1 N–H and O–H groups in total. The molecule has 136 valence electrons. The molecule has 4 rings (SSSR count). The summed E-state index contributed by atoms with van der Waals surface area (Å²) < 4.78 is 0. The van der Waals surface area contributed by atoms with Crippen LogP contribution in [-0.4, -0.2) is 55.0 Å². The Morgan fingerprint density at radius 1 is 1.00 bits per heavy atom. The molecule has 3 fully saturated rings. The summed E-state index contributed by atoms with van der Waals surface area (Å²) in [5.74, 6) is 2.21. The molecular weight excluding hydrogens is 310 g/mol. The Hall–Kier alpha value is -1.39. The molecule has 4 heteroatoms. The number of nitrogens with one attached hydrogen (secondary N) is 1. The molecule has 0 spiro atoms. The number of rotatable bonds is 3. The van der Waals surface area contributed by atoms with Gasteiger partial charge in [0, 0.05) is 26.2 Å². The summed E-state index contributed by atoms with van der Waals surface area (Å²) in [7, 11) is 0. The Kier molecular flexibility index (Phi) is 5.37. The summed E-state index contributed by atoms with van der Waals surface area (Å²) >= 11 is 0. The van der Waals surface area contributed by atoms with Gasteiger partial charge in [0.2, 0.25) is 5.91 Å². The zero-order chi connectivity index (χ0) is 17.1. The number of amides is 1. The van der Waals surface area contributed by atoms with Gasteiger partial charge in [-0.1, -0.05) is 30.3 Å². The van der Waals surface area contributed by atoms with E-state index in [1.807, 2.05) is 0 Å². The Morgan fingerprint density at radius 3 is 2.44 bits per heavy atom. The first kappa shape index (κ1) is 17.0. The molecule has 3 atom stereocenters. The van der Waals surface area contributed by atoms with E-state index in [1.54, 1.807) is 0 Å². The highest BCUT2D eigenvalue weighted by atomic mass is 16.2. The van der Waals surface area contributed by atoms with Gasteiger partial charge in [0.15, 0.2) is 0 Å². The van der Waals surface area contributed by atoms with Gasteiger partial charge in [0.1, 0.15) is 0 Å². The fourth-order valence-corrected chi connectivity index (χ4v) is 4.94. The number of hydrogen-bond donors (Lipinski definition) is 1. The second kappa shape index (κ2) is 7.88. The van der Waals surface area contributed by atoms with Crippen molar-refractivity contribution in [2.45, 2.75) is 32.2 Å². The standard InChI is InChI=1S/C21H31N3O/c25-21(24-11-8-18-13-22-14-19(18)9-12-24)20-7-4-10-23(16-20)15-17-5-2-1-3-6-17/h1-3,5-6,18-20,22H,4,7-16H2/t18-,19+,20?. The van der Waals surface area contributed by atoms with Crippen LogP contribution in [0, 0.1) is 17.8 Å². The summed E-state index contributed by atoms with van der Waals surface area (Å²) in [5.41, 5.74) is 1.35. The molecule has 3 aliphatic rings. The Balaban J connectivity index is 1.33. The SMILES string of the molecule is O=C(C1CCCN(Cc2ccccc2)C1)N1CC[C@@H]2CNC[C@@H]2CC1.